The molecule has 7 nitrogen and oxygen atoms in total. The topological polar surface area (TPSA) is 81.7 Å². The number of amides is 1. The highest BCUT2D eigenvalue weighted by Crippen LogP contribution is 2.25. The summed E-state index contributed by atoms with van der Waals surface area (Å²) in [7, 11) is 1.90. The van der Waals surface area contributed by atoms with Gasteiger partial charge in [-0.05, 0) is 37.1 Å². The Hall–Kier alpha value is -3.00. The van der Waals surface area contributed by atoms with Gasteiger partial charge in [-0.1, -0.05) is 49.0 Å². The van der Waals surface area contributed by atoms with E-state index in [0.717, 1.165) is 28.9 Å². The lowest BCUT2D eigenvalue weighted by atomic mass is 9.97. The average molecular weight is 422 g/mol. The van der Waals surface area contributed by atoms with Gasteiger partial charge in [0.15, 0.2) is 17.1 Å². The van der Waals surface area contributed by atoms with Crippen LogP contribution in [0.4, 0.5) is 0 Å². The molecule has 2 unspecified atom stereocenters. The van der Waals surface area contributed by atoms with Crippen molar-refractivity contribution in [2.45, 2.75) is 31.5 Å². The molecule has 154 valence electrons. The maximum absolute atomic E-state index is 12.2. The fraction of sp³-hybridized carbons (Fsp3) is 0.318. The van der Waals surface area contributed by atoms with Crippen LogP contribution in [0.5, 0.6) is 5.75 Å². The number of nitrogens with zero attached hydrogens (tertiary/aromatic N) is 5. The maximum atomic E-state index is 12.2. The summed E-state index contributed by atoms with van der Waals surface area (Å²) in [4.78, 5) is 20.9. The first kappa shape index (κ1) is 20.3. The summed E-state index contributed by atoms with van der Waals surface area (Å²) in [5.74, 6) is 1.94. The van der Waals surface area contributed by atoms with Gasteiger partial charge in [0.2, 0.25) is 0 Å². The van der Waals surface area contributed by atoms with Crippen LogP contribution in [-0.4, -0.2) is 38.0 Å². The molecule has 4 rings (SSSR count). The molecule has 0 spiro atoms. The van der Waals surface area contributed by atoms with E-state index < -0.39 is 0 Å². The van der Waals surface area contributed by atoms with Crippen molar-refractivity contribution in [3.63, 3.8) is 0 Å². The van der Waals surface area contributed by atoms with Crippen molar-refractivity contribution in [3.05, 3.63) is 60.0 Å². The van der Waals surface area contributed by atoms with Crippen LogP contribution in [0.1, 0.15) is 31.3 Å². The Kier molecular flexibility index (Phi) is 5.94. The van der Waals surface area contributed by atoms with Crippen molar-refractivity contribution in [2.24, 2.45) is 23.0 Å². The van der Waals surface area contributed by atoms with Gasteiger partial charge >= 0.3 is 0 Å². The van der Waals surface area contributed by atoms with Gasteiger partial charge in [-0.2, -0.15) is 4.99 Å². The molecule has 1 aromatic heterocycles. The summed E-state index contributed by atoms with van der Waals surface area (Å²) < 4.78 is 7.93. The van der Waals surface area contributed by atoms with Crippen molar-refractivity contribution < 1.29 is 9.53 Å². The van der Waals surface area contributed by atoms with Crippen molar-refractivity contribution in [1.29, 1.82) is 0 Å². The fourth-order valence-corrected chi connectivity index (χ4v) is 4.05. The summed E-state index contributed by atoms with van der Waals surface area (Å²) in [6.45, 7) is 4.07. The number of benzene rings is 1. The third-order valence-corrected chi connectivity index (χ3v) is 5.99. The van der Waals surface area contributed by atoms with Gasteiger partial charge in [-0.15, -0.1) is 10.2 Å². The number of hydrogen-bond donors (Lipinski definition) is 0. The van der Waals surface area contributed by atoms with Gasteiger partial charge in [-0.3, -0.25) is 4.79 Å². The Bertz CT molecular complexity index is 1070. The Labute approximate surface area is 179 Å². The first-order chi connectivity index (χ1) is 14.5. The van der Waals surface area contributed by atoms with Crippen molar-refractivity contribution in [1.82, 2.24) is 14.8 Å². The van der Waals surface area contributed by atoms with Crippen molar-refractivity contribution in [2.75, 3.05) is 5.75 Å². The largest absolute Gasteiger partial charge is 0.483 e. The molecule has 0 radical (unpaired) electrons. The molecule has 1 amide bonds. The van der Waals surface area contributed by atoms with E-state index in [1.165, 1.54) is 17.3 Å². The predicted molar refractivity (Wildman–Crippen MR) is 118 cm³/mol. The Balaban J connectivity index is 1.40. The second kappa shape index (κ2) is 8.79. The standard InChI is InChI=1S/C22H23N5O2S/c1-4-15-9-11-16(12-10-15)29-14(2)20-25-26-22(27(20)3)30-13-19-23-18-8-6-5-7-17(18)21(28)24-19/h5-12,14,17H,4,13H2,1-3H3. The number of aromatic nitrogens is 3. The van der Waals surface area contributed by atoms with Crippen molar-refractivity contribution in [3.8, 4) is 5.75 Å². The van der Waals surface area contributed by atoms with Gasteiger partial charge in [0.05, 0.1) is 11.5 Å². The quantitative estimate of drug-likeness (QED) is 0.636. The molecule has 0 bridgehead atoms. The highest BCUT2D eigenvalue weighted by molar-refractivity contribution is 7.99. The van der Waals surface area contributed by atoms with E-state index in [0.29, 0.717) is 11.6 Å². The number of fused-ring (bicyclic) bond motifs is 1. The predicted octanol–water partition coefficient (Wildman–Crippen LogP) is 3.73. The first-order valence-corrected chi connectivity index (χ1v) is 10.9. The summed E-state index contributed by atoms with van der Waals surface area (Å²) >= 11 is 1.45. The van der Waals surface area contributed by atoms with E-state index in [2.05, 4.69) is 39.2 Å². The third kappa shape index (κ3) is 4.28. The molecular weight excluding hydrogens is 398 g/mol. The van der Waals surface area contributed by atoms with Crippen molar-refractivity contribution >= 4 is 29.2 Å². The molecule has 2 atom stereocenters. The Morgan fingerprint density at radius 3 is 2.73 bits per heavy atom. The van der Waals surface area contributed by atoms with Crippen LogP contribution >= 0.6 is 11.8 Å². The minimum absolute atomic E-state index is 0.175. The molecule has 1 aliphatic heterocycles. The SMILES string of the molecule is CCc1ccc(OC(C)c2nnc(SCC3=NC(=O)C4C=CC=CC4=N3)n2C)cc1. The van der Waals surface area contributed by atoms with Crippen LogP contribution in [-0.2, 0) is 18.3 Å². The molecule has 1 aromatic carbocycles. The molecule has 30 heavy (non-hydrogen) atoms. The van der Waals surface area contributed by atoms with E-state index in [-0.39, 0.29) is 17.9 Å². The number of rotatable bonds is 7. The van der Waals surface area contributed by atoms with Crippen LogP contribution in [0.15, 0.2) is 63.7 Å². The lowest BCUT2D eigenvalue weighted by Gasteiger charge is -2.17. The maximum Gasteiger partial charge on any atom is 0.260 e. The number of aryl methyl sites for hydroxylation is 1. The number of amidine groups is 1. The zero-order valence-electron chi connectivity index (χ0n) is 17.1. The van der Waals surface area contributed by atoms with Gasteiger partial charge in [-0.25, -0.2) is 4.99 Å². The number of carbonyl (C=O) groups excluding carboxylic acids is 1. The Morgan fingerprint density at radius 1 is 1.17 bits per heavy atom. The minimum atomic E-state index is -0.352. The van der Waals surface area contributed by atoms with E-state index in [1.54, 1.807) is 0 Å². The van der Waals surface area contributed by atoms with Gasteiger partial charge < -0.3 is 9.30 Å². The van der Waals surface area contributed by atoms with E-state index >= 15 is 0 Å². The van der Waals surface area contributed by atoms with Gasteiger partial charge in [0.25, 0.3) is 5.91 Å². The zero-order chi connectivity index (χ0) is 21.1. The lowest BCUT2D eigenvalue weighted by Crippen LogP contribution is -2.27. The molecule has 1 aliphatic carbocycles. The summed E-state index contributed by atoms with van der Waals surface area (Å²) in [5.41, 5.74) is 2.01. The molecule has 2 aliphatic rings. The molecule has 0 N–H and O–H groups in total. The fourth-order valence-electron chi connectivity index (χ4n) is 3.28. The molecule has 8 heteroatoms. The van der Waals surface area contributed by atoms with E-state index in [1.807, 2.05) is 55.0 Å². The van der Waals surface area contributed by atoms with Crippen LogP contribution in [0.2, 0.25) is 0 Å². The zero-order valence-corrected chi connectivity index (χ0v) is 18.0. The monoisotopic (exact) mass is 421 g/mol. The summed E-state index contributed by atoms with van der Waals surface area (Å²) in [5, 5.41) is 9.29. The smallest absolute Gasteiger partial charge is 0.260 e. The van der Waals surface area contributed by atoms with Crippen LogP contribution in [0, 0.1) is 5.92 Å². The molecular formula is C22H23N5O2S. The van der Waals surface area contributed by atoms with Crippen LogP contribution in [0.25, 0.3) is 0 Å². The molecule has 0 saturated heterocycles. The second-order valence-electron chi connectivity index (χ2n) is 7.07. The normalized spacial score (nSPS) is 18.6. The van der Waals surface area contributed by atoms with Gasteiger partial charge in [0, 0.05) is 7.05 Å². The summed E-state index contributed by atoms with van der Waals surface area (Å²) in [6, 6.07) is 8.08. The highest BCUT2D eigenvalue weighted by atomic mass is 32.2. The van der Waals surface area contributed by atoms with E-state index in [9.17, 15) is 4.79 Å². The number of carbonyl (C=O) groups is 1. The number of allylic oxidation sites excluding steroid dienone is 3. The lowest BCUT2D eigenvalue weighted by molar-refractivity contribution is -0.118. The molecule has 0 saturated carbocycles. The molecule has 2 heterocycles. The van der Waals surface area contributed by atoms with Gasteiger partial charge in [0.1, 0.15) is 17.5 Å². The van der Waals surface area contributed by atoms with Crippen LogP contribution < -0.4 is 4.74 Å². The van der Waals surface area contributed by atoms with Crippen LogP contribution in [0.3, 0.4) is 0 Å². The molecule has 0 fully saturated rings. The Morgan fingerprint density at radius 2 is 1.97 bits per heavy atom. The third-order valence-electron chi connectivity index (χ3n) is 4.97. The second-order valence-corrected chi connectivity index (χ2v) is 8.01. The number of thioether (sulfide) groups is 1. The highest BCUT2D eigenvalue weighted by Gasteiger charge is 2.26. The first-order valence-electron chi connectivity index (χ1n) is 9.87. The van der Waals surface area contributed by atoms with E-state index in [4.69, 9.17) is 4.74 Å². The molecule has 2 aromatic rings. The number of ether oxygens (including phenoxy) is 1. The average Bonchev–Trinajstić information content (AvgIpc) is 3.13. The minimum Gasteiger partial charge on any atom is -0.483 e. The number of aliphatic imine (C=N–C) groups is 2. The number of hydrogen-bond acceptors (Lipinski definition) is 6. The summed E-state index contributed by atoms with van der Waals surface area (Å²) in [6.07, 6.45) is 8.15.